The summed E-state index contributed by atoms with van der Waals surface area (Å²) in [5.41, 5.74) is 1.50. The monoisotopic (exact) mass is 474 g/mol. The lowest BCUT2D eigenvalue weighted by Crippen LogP contribution is -2.39. The van der Waals surface area contributed by atoms with Crippen LogP contribution in [0.15, 0.2) is 52.1 Å². The van der Waals surface area contributed by atoms with Gasteiger partial charge in [0.25, 0.3) is 5.91 Å². The van der Waals surface area contributed by atoms with Crippen molar-refractivity contribution in [2.75, 3.05) is 13.7 Å². The second kappa shape index (κ2) is 8.05. The third-order valence-electron chi connectivity index (χ3n) is 5.64. The van der Waals surface area contributed by atoms with E-state index in [0.717, 1.165) is 29.7 Å². The molecule has 3 aromatic rings. The predicted molar refractivity (Wildman–Crippen MR) is 122 cm³/mol. The molecule has 9 heteroatoms. The van der Waals surface area contributed by atoms with Gasteiger partial charge >= 0.3 is 0 Å². The molecule has 2 aliphatic rings. The predicted octanol–water partition coefficient (Wildman–Crippen LogP) is 4.05. The minimum absolute atomic E-state index is 0.00801. The van der Waals surface area contributed by atoms with Gasteiger partial charge in [-0.2, -0.15) is 0 Å². The van der Waals surface area contributed by atoms with E-state index < -0.39 is 10.0 Å². The number of carbonyl (C=O) groups is 1. The van der Waals surface area contributed by atoms with Crippen molar-refractivity contribution in [2.24, 2.45) is 0 Å². The highest BCUT2D eigenvalue weighted by atomic mass is 32.2. The van der Waals surface area contributed by atoms with Crippen molar-refractivity contribution < 1.29 is 17.9 Å². The van der Waals surface area contributed by atoms with Crippen LogP contribution in [-0.2, 0) is 16.4 Å². The lowest BCUT2D eigenvalue weighted by molar-refractivity contribution is 0.0698. The minimum atomic E-state index is -3.76. The summed E-state index contributed by atoms with van der Waals surface area (Å²) in [6.07, 6.45) is 2.46. The topological polar surface area (TPSA) is 75.7 Å². The highest BCUT2D eigenvalue weighted by Gasteiger charge is 2.35. The Hall–Kier alpha value is -2.20. The Morgan fingerprint density at radius 1 is 1.16 bits per heavy atom. The fourth-order valence-corrected chi connectivity index (χ4v) is 7.22. The molecule has 1 aliphatic carbocycles. The summed E-state index contributed by atoms with van der Waals surface area (Å²) in [5.74, 6) is 0.0547. The van der Waals surface area contributed by atoms with Crippen LogP contribution in [0.3, 0.4) is 0 Å². The van der Waals surface area contributed by atoms with Crippen LogP contribution in [0.2, 0.25) is 0 Å². The molecule has 31 heavy (non-hydrogen) atoms. The molecule has 1 aromatic carbocycles. The number of hydrogen-bond acceptors (Lipinski definition) is 6. The Morgan fingerprint density at radius 2 is 2.00 bits per heavy atom. The van der Waals surface area contributed by atoms with Crippen molar-refractivity contribution in [1.29, 1.82) is 0 Å². The van der Waals surface area contributed by atoms with Gasteiger partial charge in [0.2, 0.25) is 10.0 Å². The maximum Gasteiger partial charge on any atom is 0.254 e. The first-order chi connectivity index (χ1) is 15.0. The zero-order chi connectivity index (χ0) is 21.6. The number of carbonyl (C=O) groups excluding carboxylic acids is 1. The summed E-state index contributed by atoms with van der Waals surface area (Å²) in [4.78, 5) is 17.9. The molecular weight excluding hydrogens is 452 g/mol. The van der Waals surface area contributed by atoms with Gasteiger partial charge in [0.1, 0.15) is 10.6 Å². The van der Waals surface area contributed by atoms with Crippen LogP contribution in [0, 0.1) is 0 Å². The average Bonchev–Trinajstić information content (AvgIpc) is 3.21. The first-order valence-electron chi connectivity index (χ1n) is 10.1. The number of sulfonamides is 1. The molecule has 0 saturated heterocycles. The van der Waals surface area contributed by atoms with Crippen LogP contribution >= 0.6 is 22.7 Å². The molecule has 1 N–H and O–H groups in total. The van der Waals surface area contributed by atoms with Crippen molar-refractivity contribution in [3.8, 4) is 5.75 Å². The van der Waals surface area contributed by atoms with Crippen LogP contribution in [0.4, 0.5) is 0 Å². The first kappa shape index (κ1) is 20.7. The van der Waals surface area contributed by atoms with Crippen molar-refractivity contribution in [2.45, 2.75) is 36.2 Å². The normalized spacial score (nSPS) is 18.6. The molecule has 3 heterocycles. The Morgan fingerprint density at radius 3 is 2.71 bits per heavy atom. The summed E-state index contributed by atoms with van der Waals surface area (Å²) < 4.78 is 33.7. The van der Waals surface area contributed by atoms with E-state index in [1.807, 2.05) is 22.4 Å². The quantitative estimate of drug-likeness (QED) is 0.585. The van der Waals surface area contributed by atoms with Crippen LogP contribution in [-0.4, -0.2) is 38.9 Å². The van der Waals surface area contributed by atoms with E-state index in [-0.39, 0.29) is 28.6 Å². The maximum atomic E-state index is 13.6. The Labute approximate surface area is 189 Å². The molecule has 1 amide bonds. The van der Waals surface area contributed by atoms with Crippen LogP contribution in [0.1, 0.15) is 44.6 Å². The van der Waals surface area contributed by atoms with Crippen molar-refractivity contribution in [3.05, 3.63) is 68.0 Å². The van der Waals surface area contributed by atoms with E-state index in [2.05, 4.69) is 16.2 Å². The second-order valence-corrected chi connectivity index (χ2v) is 11.4. The molecular formula is C22H22N2O4S3. The van der Waals surface area contributed by atoms with E-state index in [0.29, 0.717) is 12.1 Å². The molecule has 1 saturated carbocycles. The van der Waals surface area contributed by atoms with Crippen molar-refractivity contribution >= 4 is 38.6 Å². The summed E-state index contributed by atoms with van der Waals surface area (Å²) in [6.45, 7) is 0.587. The van der Waals surface area contributed by atoms with Crippen LogP contribution in [0.25, 0.3) is 0 Å². The van der Waals surface area contributed by atoms with E-state index in [4.69, 9.17) is 4.74 Å². The van der Waals surface area contributed by atoms with E-state index >= 15 is 0 Å². The summed E-state index contributed by atoms with van der Waals surface area (Å²) in [5, 5.41) is 4.08. The smallest absolute Gasteiger partial charge is 0.254 e. The van der Waals surface area contributed by atoms with E-state index in [1.165, 1.54) is 18.1 Å². The number of benzene rings is 1. The molecule has 0 unspecified atom stereocenters. The molecule has 1 aliphatic heterocycles. The van der Waals surface area contributed by atoms with Gasteiger partial charge in [-0.1, -0.05) is 6.07 Å². The SMILES string of the molecule is COc1ccc(C(=O)N2CCc3sccc3[C@H]2c2cccs2)cc1S(=O)(=O)NC1CC1. The molecule has 2 aromatic heterocycles. The number of amides is 1. The van der Waals surface area contributed by atoms with Gasteiger partial charge in [-0.05, 0) is 65.9 Å². The second-order valence-electron chi connectivity index (χ2n) is 7.73. The van der Waals surface area contributed by atoms with E-state index in [1.54, 1.807) is 34.8 Å². The Kier molecular flexibility index (Phi) is 5.37. The largest absolute Gasteiger partial charge is 0.495 e. The number of nitrogens with one attached hydrogen (secondary N) is 1. The maximum absolute atomic E-state index is 13.6. The van der Waals surface area contributed by atoms with Gasteiger partial charge < -0.3 is 9.64 Å². The Bertz CT molecular complexity index is 1210. The minimum Gasteiger partial charge on any atom is -0.495 e. The lowest BCUT2D eigenvalue weighted by Gasteiger charge is -2.35. The number of nitrogens with zero attached hydrogens (tertiary/aromatic N) is 1. The highest BCUT2D eigenvalue weighted by Crippen LogP contribution is 2.40. The van der Waals surface area contributed by atoms with Gasteiger partial charge in [-0.25, -0.2) is 13.1 Å². The molecule has 1 atom stereocenters. The van der Waals surface area contributed by atoms with Crippen LogP contribution < -0.4 is 9.46 Å². The number of rotatable bonds is 6. The third-order valence-corrected chi connectivity index (χ3v) is 9.10. The fourth-order valence-electron chi connectivity index (χ4n) is 3.96. The fraction of sp³-hybridized carbons (Fsp3) is 0.318. The standard InChI is InChI=1S/C22H22N2O4S3/c1-28-17-7-4-14(13-20(17)31(26,27)23-15-5-6-15)22(25)24-10-8-18-16(9-12-30-18)21(24)19-3-2-11-29-19/h2-4,7,9,11-13,15,21,23H,5-6,8,10H2,1H3/t21-/m0/s1. The number of fused-ring (bicyclic) bond motifs is 1. The number of ether oxygens (including phenoxy) is 1. The molecule has 162 valence electrons. The van der Waals surface area contributed by atoms with Crippen LogP contribution in [0.5, 0.6) is 5.75 Å². The number of thiophene rings is 2. The Balaban J connectivity index is 1.53. The zero-order valence-electron chi connectivity index (χ0n) is 16.9. The molecule has 6 nitrogen and oxygen atoms in total. The van der Waals surface area contributed by atoms with Gasteiger partial charge in [-0.15, -0.1) is 22.7 Å². The van der Waals surface area contributed by atoms with Crippen molar-refractivity contribution in [1.82, 2.24) is 9.62 Å². The van der Waals surface area contributed by atoms with E-state index in [9.17, 15) is 13.2 Å². The third kappa shape index (κ3) is 3.91. The first-order valence-corrected chi connectivity index (χ1v) is 13.3. The molecule has 1 fully saturated rings. The van der Waals surface area contributed by atoms with Crippen molar-refractivity contribution in [3.63, 3.8) is 0 Å². The zero-order valence-corrected chi connectivity index (χ0v) is 19.4. The summed E-state index contributed by atoms with van der Waals surface area (Å²) in [7, 11) is -2.33. The number of hydrogen-bond donors (Lipinski definition) is 1. The average molecular weight is 475 g/mol. The highest BCUT2D eigenvalue weighted by molar-refractivity contribution is 7.89. The number of methoxy groups -OCH3 is 1. The van der Waals surface area contributed by atoms with Gasteiger partial charge in [0.05, 0.1) is 13.2 Å². The molecule has 5 rings (SSSR count). The summed E-state index contributed by atoms with van der Waals surface area (Å²) in [6, 6.07) is 10.6. The van der Waals surface area contributed by atoms with Gasteiger partial charge in [-0.3, -0.25) is 4.79 Å². The molecule has 0 bridgehead atoms. The van der Waals surface area contributed by atoms with Gasteiger partial charge in [0, 0.05) is 27.9 Å². The molecule has 0 radical (unpaired) electrons. The summed E-state index contributed by atoms with van der Waals surface area (Å²) >= 11 is 3.35. The lowest BCUT2D eigenvalue weighted by atomic mass is 9.97. The molecule has 0 spiro atoms. The van der Waals surface area contributed by atoms with Gasteiger partial charge in [0.15, 0.2) is 0 Å².